The van der Waals surface area contributed by atoms with Crippen molar-refractivity contribution in [1.82, 2.24) is 10.6 Å². The molecule has 0 amide bonds. The normalized spacial score (nSPS) is 12.5. The average molecular weight is 391 g/mol. The minimum absolute atomic E-state index is 0. The zero-order valence-electron chi connectivity index (χ0n) is 12.8. The number of halogens is 1. The van der Waals surface area contributed by atoms with Gasteiger partial charge in [-0.15, -0.1) is 24.0 Å². The van der Waals surface area contributed by atoms with Gasteiger partial charge in [-0.1, -0.05) is 36.8 Å². The summed E-state index contributed by atoms with van der Waals surface area (Å²) in [5.74, 6) is 1.26. The number of aryl methyl sites for hydroxylation is 1. The molecule has 0 aliphatic heterocycles. The van der Waals surface area contributed by atoms with E-state index in [1.807, 2.05) is 0 Å². The maximum Gasteiger partial charge on any atom is 0.191 e. The van der Waals surface area contributed by atoms with Crippen LogP contribution in [-0.2, 0) is 4.74 Å². The zero-order valence-corrected chi connectivity index (χ0v) is 15.1. The lowest BCUT2D eigenvalue weighted by Crippen LogP contribution is -2.40. The van der Waals surface area contributed by atoms with Crippen LogP contribution in [0.15, 0.2) is 29.3 Å². The molecule has 0 saturated carbocycles. The van der Waals surface area contributed by atoms with Crippen LogP contribution in [0.3, 0.4) is 0 Å². The van der Waals surface area contributed by atoms with Gasteiger partial charge >= 0.3 is 0 Å². The van der Waals surface area contributed by atoms with Gasteiger partial charge in [-0.3, -0.25) is 4.99 Å². The van der Waals surface area contributed by atoms with Crippen molar-refractivity contribution in [3.8, 4) is 0 Å². The van der Waals surface area contributed by atoms with Crippen molar-refractivity contribution in [2.24, 2.45) is 4.99 Å². The second-order valence-electron chi connectivity index (χ2n) is 4.69. The number of hydrogen-bond acceptors (Lipinski definition) is 2. The van der Waals surface area contributed by atoms with Crippen LogP contribution in [0.1, 0.15) is 24.0 Å². The molecule has 2 N–H and O–H groups in total. The van der Waals surface area contributed by atoms with E-state index in [1.54, 1.807) is 14.2 Å². The molecule has 0 aliphatic carbocycles. The van der Waals surface area contributed by atoms with E-state index in [-0.39, 0.29) is 24.0 Å². The predicted molar refractivity (Wildman–Crippen MR) is 96.2 cm³/mol. The molecule has 4 nitrogen and oxygen atoms in total. The molecule has 1 rings (SSSR count). The number of ether oxygens (including phenoxy) is 1. The van der Waals surface area contributed by atoms with Crippen LogP contribution in [0.5, 0.6) is 0 Å². The van der Waals surface area contributed by atoms with Gasteiger partial charge in [-0.05, 0) is 18.4 Å². The molecule has 0 heterocycles. The predicted octanol–water partition coefficient (Wildman–Crippen LogP) is 2.53. The summed E-state index contributed by atoms with van der Waals surface area (Å²) < 4.78 is 5.00. The van der Waals surface area contributed by atoms with Crippen molar-refractivity contribution in [1.29, 1.82) is 0 Å². The van der Waals surface area contributed by atoms with Crippen LogP contribution in [-0.4, -0.2) is 39.8 Å². The molecule has 0 spiro atoms. The molecule has 114 valence electrons. The first-order valence-electron chi connectivity index (χ1n) is 6.67. The minimum atomic E-state index is 0. The van der Waals surface area contributed by atoms with E-state index >= 15 is 0 Å². The third-order valence-electron chi connectivity index (χ3n) is 3.01. The van der Waals surface area contributed by atoms with Gasteiger partial charge < -0.3 is 15.4 Å². The SMILES string of the molecule is CN=C(NCCOC)NCC(C)c1cccc(C)c1.I. The summed E-state index contributed by atoms with van der Waals surface area (Å²) in [5.41, 5.74) is 2.65. The molecule has 5 heteroatoms. The molecule has 1 aromatic carbocycles. The third-order valence-corrected chi connectivity index (χ3v) is 3.01. The number of rotatable bonds is 6. The molecule has 0 saturated heterocycles. The van der Waals surface area contributed by atoms with Crippen molar-refractivity contribution in [2.45, 2.75) is 19.8 Å². The van der Waals surface area contributed by atoms with Crippen LogP contribution in [0, 0.1) is 6.92 Å². The monoisotopic (exact) mass is 391 g/mol. The summed E-state index contributed by atoms with van der Waals surface area (Å²) in [6.07, 6.45) is 0. The lowest BCUT2D eigenvalue weighted by atomic mass is 9.99. The Morgan fingerprint density at radius 3 is 2.70 bits per heavy atom. The van der Waals surface area contributed by atoms with E-state index in [9.17, 15) is 0 Å². The number of hydrogen-bond donors (Lipinski definition) is 2. The van der Waals surface area contributed by atoms with Gasteiger partial charge in [0.25, 0.3) is 0 Å². The lowest BCUT2D eigenvalue weighted by Gasteiger charge is -2.16. The Hall–Kier alpha value is -0.820. The van der Waals surface area contributed by atoms with Crippen molar-refractivity contribution in [3.05, 3.63) is 35.4 Å². The smallest absolute Gasteiger partial charge is 0.191 e. The van der Waals surface area contributed by atoms with Gasteiger partial charge in [0.2, 0.25) is 0 Å². The number of nitrogens with one attached hydrogen (secondary N) is 2. The Kier molecular flexibility index (Phi) is 10.5. The number of methoxy groups -OCH3 is 1. The first-order valence-corrected chi connectivity index (χ1v) is 6.67. The van der Waals surface area contributed by atoms with Crippen LogP contribution in [0.4, 0.5) is 0 Å². The summed E-state index contributed by atoms with van der Waals surface area (Å²) >= 11 is 0. The van der Waals surface area contributed by atoms with E-state index in [0.717, 1.165) is 19.0 Å². The highest BCUT2D eigenvalue weighted by Gasteiger charge is 2.06. The Bertz CT molecular complexity index is 410. The van der Waals surface area contributed by atoms with E-state index in [0.29, 0.717) is 12.5 Å². The molecular weight excluding hydrogens is 365 g/mol. The van der Waals surface area contributed by atoms with Gasteiger partial charge in [0.05, 0.1) is 6.61 Å². The fraction of sp³-hybridized carbons (Fsp3) is 0.533. The van der Waals surface area contributed by atoms with Gasteiger partial charge in [0.1, 0.15) is 0 Å². The molecule has 0 aromatic heterocycles. The molecule has 0 bridgehead atoms. The summed E-state index contributed by atoms with van der Waals surface area (Å²) in [7, 11) is 3.47. The summed E-state index contributed by atoms with van der Waals surface area (Å²) in [6, 6.07) is 8.62. The topological polar surface area (TPSA) is 45.7 Å². The van der Waals surface area contributed by atoms with Gasteiger partial charge in [-0.25, -0.2) is 0 Å². The number of guanidine groups is 1. The molecule has 0 radical (unpaired) electrons. The fourth-order valence-corrected chi connectivity index (χ4v) is 1.84. The molecule has 20 heavy (non-hydrogen) atoms. The highest BCUT2D eigenvalue weighted by atomic mass is 127. The van der Waals surface area contributed by atoms with E-state index < -0.39 is 0 Å². The average Bonchev–Trinajstić information content (AvgIpc) is 2.42. The fourth-order valence-electron chi connectivity index (χ4n) is 1.84. The molecule has 0 fully saturated rings. The van der Waals surface area contributed by atoms with E-state index in [2.05, 4.69) is 53.7 Å². The summed E-state index contributed by atoms with van der Waals surface area (Å²) in [4.78, 5) is 4.18. The standard InChI is InChI=1S/C15H25N3O.HI/c1-12-6-5-7-14(10-12)13(2)11-18-15(16-3)17-8-9-19-4;/h5-7,10,13H,8-9,11H2,1-4H3,(H2,16,17,18);1H. The number of benzene rings is 1. The third kappa shape index (κ3) is 7.09. The van der Waals surface area contributed by atoms with Crippen LogP contribution >= 0.6 is 24.0 Å². The largest absolute Gasteiger partial charge is 0.383 e. The van der Waals surface area contributed by atoms with E-state index in [1.165, 1.54) is 11.1 Å². The first-order chi connectivity index (χ1) is 9.17. The van der Waals surface area contributed by atoms with Gasteiger partial charge in [0, 0.05) is 27.2 Å². The quantitative estimate of drug-likeness (QED) is 0.339. The minimum Gasteiger partial charge on any atom is -0.383 e. The van der Waals surface area contributed by atoms with Crippen molar-refractivity contribution < 1.29 is 4.74 Å². The molecular formula is C15H26IN3O. The lowest BCUT2D eigenvalue weighted by molar-refractivity contribution is 0.203. The Morgan fingerprint density at radius 2 is 2.10 bits per heavy atom. The Balaban J connectivity index is 0.00000361. The van der Waals surface area contributed by atoms with Crippen LogP contribution in [0.25, 0.3) is 0 Å². The molecule has 1 aromatic rings. The Morgan fingerprint density at radius 1 is 1.35 bits per heavy atom. The highest BCUT2D eigenvalue weighted by Crippen LogP contribution is 2.15. The van der Waals surface area contributed by atoms with Crippen LogP contribution < -0.4 is 10.6 Å². The maximum absolute atomic E-state index is 5.00. The summed E-state index contributed by atoms with van der Waals surface area (Å²) in [5, 5.41) is 6.53. The second-order valence-corrected chi connectivity index (χ2v) is 4.69. The van der Waals surface area contributed by atoms with Crippen molar-refractivity contribution in [2.75, 3.05) is 33.9 Å². The first kappa shape index (κ1) is 19.2. The molecule has 1 atom stereocenters. The van der Waals surface area contributed by atoms with Crippen molar-refractivity contribution in [3.63, 3.8) is 0 Å². The Labute approximate surface area is 139 Å². The summed E-state index contributed by atoms with van der Waals surface area (Å²) in [6.45, 7) is 6.62. The number of aliphatic imine (C=N–C) groups is 1. The highest BCUT2D eigenvalue weighted by molar-refractivity contribution is 14.0. The van der Waals surface area contributed by atoms with E-state index in [4.69, 9.17) is 4.74 Å². The number of nitrogens with zero attached hydrogens (tertiary/aromatic N) is 1. The van der Waals surface area contributed by atoms with Gasteiger partial charge in [0.15, 0.2) is 5.96 Å². The van der Waals surface area contributed by atoms with Gasteiger partial charge in [-0.2, -0.15) is 0 Å². The second kappa shape index (κ2) is 10.9. The maximum atomic E-state index is 5.00. The zero-order chi connectivity index (χ0) is 14.1. The van der Waals surface area contributed by atoms with Crippen molar-refractivity contribution >= 4 is 29.9 Å². The van der Waals surface area contributed by atoms with Crippen LogP contribution in [0.2, 0.25) is 0 Å². The molecule has 1 unspecified atom stereocenters. The molecule has 0 aliphatic rings.